The van der Waals surface area contributed by atoms with Crippen molar-refractivity contribution < 1.29 is 13.6 Å². The van der Waals surface area contributed by atoms with Crippen LogP contribution in [0.5, 0.6) is 0 Å². The topological polar surface area (TPSA) is 55.1 Å². The second kappa shape index (κ2) is 5.72. The molecule has 3 N–H and O–H groups in total. The molecule has 0 aliphatic carbocycles. The Labute approximate surface area is 99.0 Å². The minimum atomic E-state index is -0.990. The number of rotatable bonds is 4. The summed E-state index contributed by atoms with van der Waals surface area (Å²) in [6.07, 6.45) is 0.149. The van der Waals surface area contributed by atoms with E-state index >= 15 is 0 Å². The smallest absolute Gasteiger partial charge is 0.225 e. The third kappa shape index (κ3) is 4.11. The van der Waals surface area contributed by atoms with Gasteiger partial charge in [0.05, 0.1) is 0 Å². The Morgan fingerprint density at radius 1 is 1.35 bits per heavy atom. The Hall–Kier alpha value is -1.49. The molecule has 0 bridgehead atoms. The summed E-state index contributed by atoms with van der Waals surface area (Å²) in [5, 5.41) is 2.47. The van der Waals surface area contributed by atoms with Gasteiger partial charge in [-0.2, -0.15) is 0 Å². The summed E-state index contributed by atoms with van der Waals surface area (Å²) < 4.78 is 25.5. The van der Waals surface area contributed by atoms with Crippen LogP contribution in [0, 0.1) is 17.6 Å². The fraction of sp³-hybridized carbons (Fsp3) is 0.417. The van der Waals surface area contributed by atoms with E-state index in [9.17, 15) is 13.6 Å². The first kappa shape index (κ1) is 13.6. The number of carbonyl (C=O) groups is 1. The van der Waals surface area contributed by atoms with E-state index in [-0.39, 0.29) is 30.0 Å². The van der Waals surface area contributed by atoms with E-state index in [1.54, 1.807) is 0 Å². The molecular weight excluding hydrogens is 226 g/mol. The molecule has 0 saturated heterocycles. The first-order valence-electron chi connectivity index (χ1n) is 5.40. The minimum absolute atomic E-state index is 0.149. The summed E-state index contributed by atoms with van der Waals surface area (Å²) in [6.45, 7) is 3.82. The van der Waals surface area contributed by atoms with Crippen LogP contribution in [0.3, 0.4) is 0 Å². The lowest BCUT2D eigenvalue weighted by molar-refractivity contribution is -0.116. The molecule has 5 heteroatoms. The largest absolute Gasteiger partial charge is 0.327 e. The molecule has 1 rings (SSSR count). The van der Waals surface area contributed by atoms with E-state index in [1.807, 2.05) is 13.8 Å². The van der Waals surface area contributed by atoms with Crippen molar-refractivity contribution in [1.82, 2.24) is 0 Å². The number of hydrogen-bond donors (Lipinski definition) is 2. The van der Waals surface area contributed by atoms with Gasteiger partial charge in [0.1, 0.15) is 0 Å². The second-order valence-electron chi connectivity index (χ2n) is 4.29. The van der Waals surface area contributed by atoms with Crippen LogP contribution in [0.15, 0.2) is 18.2 Å². The van der Waals surface area contributed by atoms with Crippen LogP contribution in [0.4, 0.5) is 14.5 Å². The molecule has 0 aliphatic heterocycles. The first-order chi connectivity index (χ1) is 7.90. The highest BCUT2D eigenvalue weighted by Gasteiger charge is 2.13. The average molecular weight is 242 g/mol. The van der Waals surface area contributed by atoms with Gasteiger partial charge in [-0.3, -0.25) is 4.79 Å². The van der Waals surface area contributed by atoms with E-state index in [2.05, 4.69) is 5.32 Å². The summed E-state index contributed by atoms with van der Waals surface area (Å²) in [5.74, 6) is -2.05. The van der Waals surface area contributed by atoms with Crippen molar-refractivity contribution >= 4 is 11.6 Å². The number of hydrogen-bond acceptors (Lipinski definition) is 2. The van der Waals surface area contributed by atoms with Gasteiger partial charge < -0.3 is 11.1 Å². The van der Waals surface area contributed by atoms with Crippen LogP contribution in [0.25, 0.3) is 0 Å². The number of nitrogens with two attached hydrogens (primary N) is 1. The average Bonchev–Trinajstić information content (AvgIpc) is 2.23. The molecule has 0 radical (unpaired) electrons. The molecule has 0 aromatic heterocycles. The monoisotopic (exact) mass is 242 g/mol. The Bertz CT molecular complexity index is 407. The second-order valence-corrected chi connectivity index (χ2v) is 4.29. The summed E-state index contributed by atoms with van der Waals surface area (Å²) in [7, 11) is 0. The standard InChI is InChI=1S/C12H16F2N2O/c1-7(2)11(15)6-12(17)16-8-3-4-9(13)10(14)5-8/h3-5,7,11H,6,15H2,1-2H3,(H,16,17). The zero-order chi connectivity index (χ0) is 13.0. The molecular formula is C12H16F2N2O. The predicted octanol–water partition coefficient (Wildman–Crippen LogP) is 2.28. The Balaban J connectivity index is 2.59. The van der Waals surface area contributed by atoms with Crippen LogP contribution in [0.1, 0.15) is 20.3 Å². The van der Waals surface area contributed by atoms with Crippen LogP contribution in [-0.4, -0.2) is 11.9 Å². The van der Waals surface area contributed by atoms with E-state index in [0.29, 0.717) is 0 Å². The maximum atomic E-state index is 12.9. The van der Waals surface area contributed by atoms with Gasteiger partial charge in [0.25, 0.3) is 0 Å². The molecule has 1 aromatic rings. The minimum Gasteiger partial charge on any atom is -0.327 e. The molecule has 0 heterocycles. The summed E-state index contributed by atoms with van der Waals surface area (Å²) >= 11 is 0. The fourth-order valence-corrected chi connectivity index (χ4v) is 1.24. The summed E-state index contributed by atoms with van der Waals surface area (Å²) in [4.78, 5) is 11.5. The number of anilines is 1. The highest BCUT2D eigenvalue weighted by molar-refractivity contribution is 5.91. The van der Waals surface area contributed by atoms with Crippen molar-refractivity contribution in [1.29, 1.82) is 0 Å². The molecule has 0 saturated carbocycles. The van der Waals surface area contributed by atoms with Crippen molar-refractivity contribution in [3.63, 3.8) is 0 Å². The highest BCUT2D eigenvalue weighted by atomic mass is 19.2. The van der Waals surface area contributed by atoms with E-state index in [0.717, 1.165) is 12.1 Å². The number of amides is 1. The zero-order valence-corrected chi connectivity index (χ0v) is 9.84. The molecule has 0 fully saturated rings. The van der Waals surface area contributed by atoms with Crippen LogP contribution in [-0.2, 0) is 4.79 Å². The number of benzene rings is 1. The van der Waals surface area contributed by atoms with Gasteiger partial charge >= 0.3 is 0 Å². The molecule has 1 amide bonds. The highest BCUT2D eigenvalue weighted by Crippen LogP contribution is 2.14. The lowest BCUT2D eigenvalue weighted by Gasteiger charge is -2.15. The van der Waals surface area contributed by atoms with Crippen molar-refractivity contribution in [3.05, 3.63) is 29.8 Å². The van der Waals surface area contributed by atoms with Gasteiger partial charge in [0.2, 0.25) is 5.91 Å². The molecule has 3 nitrogen and oxygen atoms in total. The Morgan fingerprint density at radius 3 is 2.53 bits per heavy atom. The Kier molecular flexibility index (Phi) is 4.57. The zero-order valence-electron chi connectivity index (χ0n) is 9.84. The van der Waals surface area contributed by atoms with Crippen molar-refractivity contribution in [2.75, 3.05) is 5.32 Å². The number of halogens is 2. The molecule has 1 unspecified atom stereocenters. The maximum Gasteiger partial charge on any atom is 0.225 e. The van der Waals surface area contributed by atoms with Gasteiger partial charge in [-0.25, -0.2) is 8.78 Å². The Morgan fingerprint density at radius 2 is 2.00 bits per heavy atom. The van der Waals surface area contributed by atoms with Gasteiger partial charge in [-0.1, -0.05) is 13.8 Å². The number of carbonyl (C=O) groups excluding carboxylic acids is 1. The van der Waals surface area contributed by atoms with Crippen LogP contribution >= 0.6 is 0 Å². The lowest BCUT2D eigenvalue weighted by atomic mass is 10.0. The van der Waals surface area contributed by atoms with Gasteiger partial charge in [0.15, 0.2) is 11.6 Å². The molecule has 0 aliphatic rings. The molecule has 1 atom stereocenters. The molecule has 0 spiro atoms. The first-order valence-corrected chi connectivity index (χ1v) is 5.40. The van der Waals surface area contributed by atoms with Crippen molar-refractivity contribution in [2.45, 2.75) is 26.3 Å². The van der Waals surface area contributed by atoms with Crippen molar-refractivity contribution in [3.8, 4) is 0 Å². The van der Waals surface area contributed by atoms with Gasteiger partial charge in [-0.05, 0) is 18.1 Å². The predicted molar refractivity (Wildman–Crippen MR) is 62.4 cm³/mol. The molecule has 1 aromatic carbocycles. The molecule has 94 valence electrons. The van der Waals surface area contributed by atoms with Crippen molar-refractivity contribution in [2.24, 2.45) is 11.7 Å². The normalized spacial score (nSPS) is 12.6. The van der Waals surface area contributed by atoms with E-state index in [1.165, 1.54) is 6.07 Å². The van der Waals surface area contributed by atoms with Gasteiger partial charge in [-0.15, -0.1) is 0 Å². The van der Waals surface area contributed by atoms with Crippen LogP contribution in [0.2, 0.25) is 0 Å². The van der Waals surface area contributed by atoms with Crippen LogP contribution < -0.4 is 11.1 Å². The third-order valence-corrected chi connectivity index (χ3v) is 2.48. The van der Waals surface area contributed by atoms with E-state index in [4.69, 9.17) is 5.73 Å². The lowest BCUT2D eigenvalue weighted by Crippen LogP contribution is -2.31. The summed E-state index contributed by atoms with van der Waals surface area (Å²) in [6, 6.07) is 2.96. The number of nitrogens with one attached hydrogen (secondary N) is 1. The molecule has 17 heavy (non-hydrogen) atoms. The maximum absolute atomic E-state index is 12.9. The SMILES string of the molecule is CC(C)C(N)CC(=O)Nc1ccc(F)c(F)c1. The summed E-state index contributed by atoms with van der Waals surface area (Å²) in [5.41, 5.74) is 5.96. The fourth-order valence-electron chi connectivity index (χ4n) is 1.24. The van der Waals surface area contributed by atoms with Gasteiger partial charge in [0, 0.05) is 24.2 Å². The van der Waals surface area contributed by atoms with E-state index < -0.39 is 11.6 Å². The quantitative estimate of drug-likeness (QED) is 0.851. The third-order valence-electron chi connectivity index (χ3n) is 2.48.